The van der Waals surface area contributed by atoms with Crippen molar-refractivity contribution >= 4 is 33.7 Å². The summed E-state index contributed by atoms with van der Waals surface area (Å²) >= 11 is 0. The number of halogens is 5. The number of sulfonamides is 1. The highest BCUT2D eigenvalue weighted by molar-refractivity contribution is 7.91. The fraction of sp³-hybridized carbons (Fsp3) is 0.550. The molecule has 1 saturated heterocycles. The molecule has 5 atom stereocenters. The van der Waals surface area contributed by atoms with Crippen molar-refractivity contribution in [1.82, 2.24) is 14.5 Å². The van der Waals surface area contributed by atoms with Gasteiger partial charge in [-0.1, -0.05) is 37.1 Å². The van der Waals surface area contributed by atoms with Crippen molar-refractivity contribution in [3.63, 3.8) is 0 Å². The van der Waals surface area contributed by atoms with Gasteiger partial charge in [0.05, 0.1) is 34.9 Å². The van der Waals surface area contributed by atoms with E-state index in [1.807, 2.05) is 12.2 Å². The number of fused-ring (bicyclic) bond motifs is 3. The number of nitrogens with zero attached hydrogens (tertiary/aromatic N) is 2. The molecule has 2 saturated carbocycles. The van der Waals surface area contributed by atoms with Gasteiger partial charge in [0.1, 0.15) is 17.7 Å². The van der Waals surface area contributed by atoms with Gasteiger partial charge in [0, 0.05) is 30.9 Å². The number of amides is 3. The van der Waals surface area contributed by atoms with Gasteiger partial charge < -0.3 is 9.64 Å². The average molecular weight is 806 g/mol. The second kappa shape index (κ2) is 14.9. The molecule has 0 unspecified atom stereocenters. The Morgan fingerprint density at radius 2 is 1.80 bits per heavy atom. The molecule has 10 nitrogen and oxygen atoms in total. The van der Waals surface area contributed by atoms with E-state index in [0.29, 0.717) is 55.7 Å². The summed E-state index contributed by atoms with van der Waals surface area (Å²) in [6.45, 7) is 1.31. The fourth-order valence-electron chi connectivity index (χ4n) is 8.36. The Hall–Kier alpha value is -4.34. The quantitative estimate of drug-likeness (QED) is 0.253. The van der Waals surface area contributed by atoms with Crippen molar-refractivity contribution in [1.29, 1.82) is 0 Å². The van der Waals surface area contributed by atoms with Gasteiger partial charge in [-0.25, -0.2) is 22.0 Å². The van der Waals surface area contributed by atoms with Gasteiger partial charge in [0.25, 0.3) is 0 Å². The van der Waals surface area contributed by atoms with E-state index in [9.17, 15) is 49.5 Å². The number of ether oxygens (including phenoxy) is 1. The normalized spacial score (nSPS) is 28.3. The lowest BCUT2D eigenvalue weighted by Gasteiger charge is -2.29. The predicted octanol–water partition coefficient (Wildman–Crippen LogP) is 6.75. The minimum Gasteiger partial charge on any atom is -0.444 e. The molecule has 3 aliphatic heterocycles. The third-order valence-electron chi connectivity index (χ3n) is 12.2. The number of ketones is 1. The van der Waals surface area contributed by atoms with Crippen LogP contribution >= 0.6 is 0 Å². The molecule has 2 aliphatic carbocycles. The summed E-state index contributed by atoms with van der Waals surface area (Å²) < 4.78 is 103. The van der Waals surface area contributed by atoms with Gasteiger partial charge in [-0.05, 0) is 93.2 Å². The van der Waals surface area contributed by atoms with Crippen molar-refractivity contribution in [3.8, 4) is 0 Å². The molecule has 0 spiro atoms. The van der Waals surface area contributed by atoms with E-state index >= 15 is 0 Å². The average Bonchev–Trinajstić information content (AvgIpc) is 3.92. The molecule has 7 rings (SSSR count). The van der Waals surface area contributed by atoms with Crippen LogP contribution in [0.1, 0.15) is 93.4 Å². The van der Waals surface area contributed by atoms with Crippen molar-refractivity contribution in [2.24, 2.45) is 17.3 Å². The minimum atomic E-state index is -4.83. The number of carbonyl (C=O) groups excluding carboxylic acids is 4. The molecule has 302 valence electrons. The zero-order chi connectivity index (χ0) is 40.2. The molecule has 3 heterocycles. The highest BCUT2D eigenvalue weighted by Gasteiger charge is 2.62. The Bertz CT molecular complexity index is 2070. The summed E-state index contributed by atoms with van der Waals surface area (Å²) in [5, 5.41) is 0. The summed E-state index contributed by atoms with van der Waals surface area (Å²) in [6.07, 6.45) is -0.184. The van der Waals surface area contributed by atoms with E-state index < -0.39 is 97.7 Å². The van der Waals surface area contributed by atoms with E-state index in [1.54, 1.807) is 6.07 Å². The first kappa shape index (κ1) is 39.9. The van der Waals surface area contributed by atoms with Crippen molar-refractivity contribution in [2.75, 3.05) is 6.54 Å². The number of alkyl halides is 3. The van der Waals surface area contributed by atoms with Crippen LogP contribution in [0.2, 0.25) is 0 Å². The maximum Gasteiger partial charge on any atom is 0.416 e. The van der Waals surface area contributed by atoms with E-state index in [4.69, 9.17) is 4.74 Å². The SMILES string of the molecule is CC1(S(=O)(=O)NC(=O)[C@]23CC(=O)[C@@H]4C[C@@H](OC(=O)N5Cc6cccc(F)c6C5)CN4C(=O)[C@@H](Cc4cc(F)cc(C(F)(F)F)c4)CCCCC/C=C\[C@H]2C3)CC1. The van der Waals surface area contributed by atoms with Crippen molar-refractivity contribution < 1.29 is 54.3 Å². The maximum absolute atomic E-state index is 14.6. The number of carbonyl (C=O) groups is 4. The van der Waals surface area contributed by atoms with Crippen LogP contribution in [-0.4, -0.2) is 65.3 Å². The molecular weight excluding hydrogens is 762 g/mol. The van der Waals surface area contributed by atoms with E-state index in [0.717, 1.165) is 12.1 Å². The van der Waals surface area contributed by atoms with Gasteiger partial charge in [0.15, 0.2) is 5.78 Å². The molecule has 3 fully saturated rings. The zero-order valence-corrected chi connectivity index (χ0v) is 31.7. The molecule has 3 amide bonds. The molecule has 0 radical (unpaired) electrons. The van der Waals surface area contributed by atoms with Gasteiger partial charge in [0.2, 0.25) is 21.8 Å². The Kier molecular flexibility index (Phi) is 10.6. The van der Waals surface area contributed by atoms with Gasteiger partial charge >= 0.3 is 12.3 Å². The second-order valence-corrected chi connectivity index (χ2v) is 18.5. The maximum atomic E-state index is 14.6. The molecule has 0 bridgehead atoms. The summed E-state index contributed by atoms with van der Waals surface area (Å²) in [4.78, 5) is 58.8. The molecule has 1 N–H and O–H groups in total. The smallest absolute Gasteiger partial charge is 0.416 e. The van der Waals surface area contributed by atoms with Crippen LogP contribution in [0.4, 0.5) is 26.7 Å². The number of nitrogens with one attached hydrogen (secondary N) is 1. The molecular formula is C40H44F5N3O7S. The lowest BCUT2D eigenvalue weighted by molar-refractivity contribution is -0.142. The Balaban J connectivity index is 1.17. The van der Waals surface area contributed by atoms with Crippen LogP contribution in [0.15, 0.2) is 48.6 Å². The van der Waals surface area contributed by atoms with Crippen LogP contribution in [0.25, 0.3) is 0 Å². The first-order valence-corrected chi connectivity index (χ1v) is 20.5. The molecule has 56 heavy (non-hydrogen) atoms. The third kappa shape index (κ3) is 8.08. The largest absolute Gasteiger partial charge is 0.444 e. The highest BCUT2D eigenvalue weighted by Crippen LogP contribution is 2.57. The minimum absolute atomic E-state index is 0.0515. The Morgan fingerprint density at radius 1 is 1.04 bits per heavy atom. The number of benzene rings is 2. The summed E-state index contributed by atoms with van der Waals surface area (Å²) in [5.41, 5.74) is -1.71. The van der Waals surface area contributed by atoms with E-state index in [-0.39, 0.29) is 50.9 Å². The number of rotatable bonds is 6. The van der Waals surface area contributed by atoms with Gasteiger partial charge in [-0.3, -0.25) is 24.0 Å². The van der Waals surface area contributed by atoms with Crippen LogP contribution in [0.5, 0.6) is 0 Å². The molecule has 16 heteroatoms. The van der Waals surface area contributed by atoms with E-state index in [1.165, 1.54) is 28.9 Å². The van der Waals surface area contributed by atoms with Crippen molar-refractivity contribution in [3.05, 3.63) is 82.4 Å². The van der Waals surface area contributed by atoms with Crippen LogP contribution in [0.3, 0.4) is 0 Å². The molecule has 2 aromatic carbocycles. The number of allylic oxidation sites excluding steroid dienone is 2. The summed E-state index contributed by atoms with van der Waals surface area (Å²) in [6, 6.07) is 5.40. The monoisotopic (exact) mass is 805 g/mol. The zero-order valence-electron chi connectivity index (χ0n) is 30.9. The Morgan fingerprint density at radius 3 is 2.52 bits per heavy atom. The first-order chi connectivity index (χ1) is 26.4. The van der Waals surface area contributed by atoms with E-state index in [2.05, 4.69) is 4.72 Å². The Labute approximate surface area is 321 Å². The molecule has 5 aliphatic rings. The predicted molar refractivity (Wildman–Crippen MR) is 192 cm³/mol. The topological polar surface area (TPSA) is 130 Å². The lowest BCUT2D eigenvalue weighted by atomic mass is 9.89. The number of Topliss-reactive ketones (excluding diaryl/α,β-unsaturated/α-hetero) is 1. The van der Waals surface area contributed by atoms with Gasteiger partial charge in [-0.2, -0.15) is 13.2 Å². The fourth-order valence-corrected chi connectivity index (χ4v) is 9.70. The van der Waals surface area contributed by atoms with Crippen LogP contribution in [0, 0.1) is 28.9 Å². The first-order valence-electron chi connectivity index (χ1n) is 19.0. The second-order valence-electron chi connectivity index (χ2n) is 16.3. The highest BCUT2D eigenvalue weighted by atomic mass is 32.2. The molecule has 0 aromatic heterocycles. The van der Waals surface area contributed by atoms with Crippen LogP contribution < -0.4 is 4.72 Å². The van der Waals surface area contributed by atoms with Crippen LogP contribution in [-0.2, 0) is 54.8 Å². The number of hydrogen-bond donors (Lipinski definition) is 1. The van der Waals surface area contributed by atoms with Crippen molar-refractivity contribution in [2.45, 2.75) is 114 Å². The van der Waals surface area contributed by atoms with Gasteiger partial charge in [-0.15, -0.1) is 0 Å². The lowest BCUT2D eigenvalue weighted by Crippen LogP contribution is -2.47. The standard InChI is InChI=1S/C40H44F5N3O7S/c1-38(12-13-38)56(53,54)46-36(51)39-19-27(39)10-6-4-2-3-5-8-25(14-24-15-28(40(43,44)45)17-29(41)16-24)35(50)48-22-30(18-33(48)34(49)20-39)55-37(52)47-21-26-9-7-11-32(42)31(26)23-47/h6-7,9-11,15-17,25,27,30,33H,2-5,8,12-14,18-23H2,1H3,(H,46,51)/b10-6-/t25-,27+,30-,33+,39-/m1/s1. The summed E-state index contributed by atoms with van der Waals surface area (Å²) in [5.74, 6) is -4.98. The number of hydrogen-bond acceptors (Lipinski definition) is 7. The third-order valence-corrected chi connectivity index (χ3v) is 14.3. The molecule has 2 aromatic rings. The summed E-state index contributed by atoms with van der Waals surface area (Å²) in [7, 11) is -4.04.